The van der Waals surface area contributed by atoms with Crippen molar-refractivity contribution in [3.63, 3.8) is 0 Å². The Morgan fingerprint density at radius 2 is 1.77 bits per heavy atom. The smallest absolute Gasteiger partial charge is 0.232 e. The molecule has 0 radical (unpaired) electrons. The van der Waals surface area contributed by atoms with Crippen LogP contribution < -0.4 is 4.74 Å². The Balaban J connectivity index is 1.83. The molecule has 5 nitrogen and oxygen atoms in total. The minimum Gasteiger partial charge on any atom is -0.473 e. The Bertz CT molecular complexity index is 474. The first-order valence-corrected chi connectivity index (χ1v) is 11.4. The second kappa shape index (κ2) is 6.70. The van der Waals surface area contributed by atoms with Gasteiger partial charge in [0.25, 0.3) is 0 Å². The van der Waals surface area contributed by atoms with Crippen LogP contribution in [0.1, 0.15) is 53.4 Å². The van der Waals surface area contributed by atoms with E-state index in [2.05, 4.69) is 44.2 Å². The van der Waals surface area contributed by atoms with E-state index in [1.807, 2.05) is 6.92 Å². The largest absolute Gasteiger partial charge is 0.473 e. The lowest BCUT2D eigenvalue weighted by molar-refractivity contribution is 0.0674. The normalized spacial score (nSPS) is 23.5. The number of hydrogen-bond donors (Lipinski definition) is 0. The fourth-order valence-electron chi connectivity index (χ4n) is 2.59. The number of aryl methyl sites for hydroxylation is 1. The molecule has 0 amide bonds. The van der Waals surface area contributed by atoms with Crippen LogP contribution in [0.2, 0.25) is 18.1 Å². The van der Waals surface area contributed by atoms with E-state index in [-0.39, 0.29) is 11.1 Å². The third-order valence-corrected chi connectivity index (χ3v) is 9.59. The van der Waals surface area contributed by atoms with Gasteiger partial charge in [0.15, 0.2) is 8.32 Å². The summed E-state index contributed by atoms with van der Waals surface area (Å²) < 4.78 is 14.4. The van der Waals surface area contributed by atoms with Gasteiger partial charge < -0.3 is 9.16 Å². The molecule has 0 aromatic carbocycles. The summed E-state index contributed by atoms with van der Waals surface area (Å²) in [7, 11) is -1.66. The predicted molar refractivity (Wildman–Crippen MR) is 90.7 cm³/mol. The summed E-state index contributed by atoms with van der Waals surface area (Å²) in [5.41, 5.74) is 0. The Labute approximate surface area is 135 Å². The van der Waals surface area contributed by atoms with E-state index in [9.17, 15) is 0 Å². The van der Waals surface area contributed by atoms with Crippen LogP contribution in [-0.2, 0) is 11.0 Å². The van der Waals surface area contributed by atoms with E-state index in [1.54, 1.807) is 10.9 Å². The van der Waals surface area contributed by atoms with Crippen LogP contribution in [0, 0.1) is 0 Å². The highest BCUT2D eigenvalue weighted by Crippen LogP contribution is 2.39. The van der Waals surface area contributed by atoms with Crippen molar-refractivity contribution < 1.29 is 9.16 Å². The van der Waals surface area contributed by atoms with Gasteiger partial charge >= 0.3 is 0 Å². The molecule has 0 aliphatic heterocycles. The molecule has 1 aliphatic rings. The summed E-state index contributed by atoms with van der Waals surface area (Å²) in [4.78, 5) is 0. The molecule has 0 saturated heterocycles. The molecule has 22 heavy (non-hydrogen) atoms. The van der Waals surface area contributed by atoms with Gasteiger partial charge in [0.05, 0.1) is 0 Å². The fraction of sp³-hybridized carbons (Fsp3) is 0.875. The zero-order valence-electron chi connectivity index (χ0n) is 14.9. The van der Waals surface area contributed by atoms with E-state index in [1.165, 1.54) is 0 Å². The maximum Gasteiger partial charge on any atom is 0.232 e. The molecule has 1 saturated carbocycles. The van der Waals surface area contributed by atoms with Crippen molar-refractivity contribution in [1.29, 1.82) is 0 Å². The van der Waals surface area contributed by atoms with E-state index < -0.39 is 8.32 Å². The number of ether oxygens (including phenoxy) is 1. The van der Waals surface area contributed by atoms with Gasteiger partial charge in [-0.3, -0.25) is 0 Å². The molecular formula is C16H31N3O2Si. The Kier molecular flexibility index (Phi) is 5.32. The first kappa shape index (κ1) is 17.5. The van der Waals surface area contributed by atoms with Crippen LogP contribution in [0.5, 0.6) is 5.88 Å². The third kappa shape index (κ3) is 4.10. The molecule has 2 rings (SSSR count). The van der Waals surface area contributed by atoms with Crippen LogP contribution in [0.4, 0.5) is 0 Å². The molecule has 1 aromatic heterocycles. The van der Waals surface area contributed by atoms with Crippen molar-refractivity contribution in [2.24, 2.45) is 0 Å². The Morgan fingerprint density at radius 1 is 1.18 bits per heavy atom. The molecule has 1 fully saturated rings. The molecule has 1 aromatic rings. The summed E-state index contributed by atoms with van der Waals surface area (Å²) in [5.74, 6) is 0.788. The summed E-state index contributed by atoms with van der Waals surface area (Å²) in [6.45, 7) is 14.4. The van der Waals surface area contributed by atoms with Gasteiger partial charge in [-0.1, -0.05) is 26.0 Å². The molecule has 126 valence electrons. The van der Waals surface area contributed by atoms with Crippen LogP contribution in [0.25, 0.3) is 0 Å². The van der Waals surface area contributed by atoms with Gasteiger partial charge in [-0.2, -0.15) is 0 Å². The van der Waals surface area contributed by atoms with Gasteiger partial charge in [-0.25, -0.2) is 4.68 Å². The van der Waals surface area contributed by atoms with Crippen LogP contribution in [-0.4, -0.2) is 35.5 Å². The zero-order valence-corrected chi connectivity index (χ0v) is 15.9. The Hall–Kier alpha value is -0.883. The lowest BCUT2D eigenvalue weighted by Crippen LogP contribution is -2.45. The number of nitrogens with zero attached hydrogens (tertiary/aromatic N) is 3. The highest BCUT2D eigenvalue weighted by atomic mass is 28.4. The molecule has 0 spiro atoms. The Morgan fingerprint density at radius 3 is 2.32 bits per heavy atom. The molecule has 0 bridgehead atoms. The molecule has 0 N–H and O–H groups in total. The van der Waals surface area contributed by atoms with Crippen molar-refractivity contribution in [3.8, 4) is 5.88 Å². The zero-order chi connectivity index (χ0) is 16.4. The highest BCUT2D eigenvalue weighted by molar-refractivity contribution is 6.74. The van der Waals surface area contributed by atoms with Gasteiger partial charge in [0.2, 0.25) is 5.88 Å². The summed E-state index contributed by atoms with van der Waals surface area (Å²) in [5, 5.41) is 8.21. The minimum absolute atomic E-state index is 0.267. The van der Waals surface area contributed by atoms with Crippen LogP contribution in [0.15, 0.2) is 6.20 Å². The maximum atomic E-state index is 6.53. The average molecular weight is 326 g/mol. The minimum atomic E-state index is -1.66. The van der Waals surface area contributed by atoms with Gasteiger partial charge in [-0.05, 0) is 50.7 Å². The summed E-state index contributed by atoms with van der Waals surface area (Å²) >= 11 is 0. The highest BCUT2D eigenvalue weighted by Gasteiger charge is 2.40. The topological polar surface area (TPSA) is 49.2 Å². The lowest BCUT2D eigenvalue weighted by atomic mass is 9.95. The molecule has 0 unspecified atom stereocenters. The van der Waals surface area contributed by atoms with Crippen molar-refractivity contribution in [1.82, 2.24) is 15.0 Å². The van der Waals surface area contributed by atoms with E-state index in [4.69, 9.17) is 9.16 Å². The van der Waals surface area contributed by atoms with Gasteiger partial charge in [0.1, 0.15) is 12.3 Å². The average Bonchev–Trinajstić information content (AvgIpc) is 2.86. The summed E-state index contributed by atoms with van der Waals surface area (Å²) in [6, 6.07) is 0. The van der Waals surface area contributed by atoms with Gasteiger partial charge in [0, 0.05) is 12.6 Å². The fourth-order valence-corrected chi connectivity index (χ4v) is 4.01. The molecule has 1 aliphatic carbocycles. The number of rotatable bonds is 5. The van der Waals surface area contributed by atoms with Crippen molar-refractivity contribution in [2.45, 2.75) is 90.3 Å². The van der Waals surface area contributed by atoms with E-state index in [0.717, 1.165) is 38.1 Å². The summed E-state index contributed by atoms with van der Waals surface area (Å²) in [6.07, 6.45) is 6.65. The number of hydrogen-bond acceptors (Lipinski definition) is 4. The SMILES string of the molecule is CCn1nncc1OC1CCC(O[Si](C)(C)C(C)(C)C)CC1. The molecule has 1 heterocycles. The standard InChI is InChI=1S/C16H31N3O2Si/c1-7-19-15(12-17-18-19)20-13-8-10-14(11-9-13)21-22(5,6)16(2,3)4/h12-14H,7-11H2,1-6H3. The second-order valence-electron chi connectivity index (χ2n) is 7.78. The van der Waals surface area contributed by atoms with Crippen molar-refractivity contribution >= 4 is 8.32 Å². The third-order valence-electron chi connectivity index (χ3n) is 5.06. The van der Waals surface area contributed by atoms with E-state index in [0.29, 0.717) is 6.10 Å². The van der Waals surface area contributed by atoms with Crippen LogP contribution in [0.3, 0.4) is 0 Å². The molecule has 6 heteroatoms. The maximum absolute atomic E-state index is 6.53. The second-order valence-corrected chi connectivity index (χ2v) is 12.5. The van der Waals surface area contributed by atoms with Crippen LogP contribution >= 0.6 is 0 Å². The predicted octanol–water partition coefficient (Wildman–Crippen LogP) is 4.01. The first-order chi connectivity index (χ1) is 10.2. The monoisotopic (exact) mass is 325 g/mol. The lowest BCUT2D eigenvalue weighted by Gasteiger charge is -2.41. The first-order valence-electron chi connectivity index (χ1n) is 8.46. The van der Waals surface area contributed by atoms with E-state index >= 15 is 0 Å². The number of aromatic nitrogens is 3. The van der Waals surface area contributed by atoms with Gasteiger partial charge in [-0.15, -0.1) is 5.10 Å². The molecular weight excluding hydrogens is 294 g/mol. The van der Waals surface area contributed by atoms with Crippen molar-refractivity contribution in [3.05, 3.63) is 6.20 Å². The van der Waals surface area contributed by atoms with Crippen molar-refractivity contribution in [2.75, 3.05) is 0 Å². The molecule has 0 atom stereocenters. The quantitative estimate of drug-likeness (QED) is 0.768.